The van der Waals surface area contributed by atoms with Gasteiger partial charge in [-0.1, -0.05) is 29.5 Å². The molecular formula is C15H19N3O2S. The van der Waals surface area contributed by atoms with Crippen LogP contribution in [-0.2, 0) is 11.3 Å². The smallest absolute Gasteiger partial charge is 0.131 e. The Hall–Kier alpha value is -1.50. The fraction of sp³-hybridized carbons (Fsp3) is 0.467. The maximum absolute atomic E-state index is 5.70. The van der Waals surface area contributed by atoms with Gasteiger partial charge < -0.3 is 14.8 Å². The molecule has 0 saturated heterocycles. The maximum atomic E-state index is 5.70. The summed E-state index contributed by atoms with van der Waals surface area (Å²) < 4.78 is 10.7. The lowest BCUT2D eigenvalue weighted by atomic mass is 9.94. The van der Waals surface area contributed by atoms with E-state index in [-0.39, 0.29) is 0 Å². The minimum absolute atomic E-state index is 0.306. The highest BCUT2D eigenvalue weighted by Crippen LogP contribution is 2.38. The molecule has 0 radical (unpaired) electrons. The number of hydrogen-bond acceptors (Lipinski definition) is 6. The normalized spacial score (nSPS) is 17.3. The summed E-state index contributed by atoms with van der Waals surface area (Å²) in [6.07, 6.45) is 0.961. The molecule has 112 valence electrons. The quantitative estimate of drug-likeness (QED) is 0.829. The van der Waals surface area contributed by atoms with Crippen molar-refractivity contribution in [2.75, 3.05) is 26.9 Å². The van der Waals surface area contributed by atoms with Crippen molar-refractivity contribution in [3.8, 4) is 5.75 Å². The Morgan fingerprint density at radius 1 is 1.38 bits per heavy atom. The molecule has 0 spiro atoms. The van der Waals surface area contributed by atoms with E-state index < -0.39 is 0 Å². The molecule has 6 heteroatoms. The highest BCUT2D eigenvalue weighted by molar-refractivity contribution is 7.11. The monoisotopic (exact) mass is 305 g/mol. The highest BCUT2D eigenvalue weighted by Gasteiger charge is 2.25. The van der Waals surface area contributed by atoms with Crippen molar-refractivity contribution in [1.82, 2.24) is 15.5 Å². The lowest BCUT2D eigenvalue weighted by Gasteiger charge is -2.23. The topological polar surface area (TPSA) is 56.3 Å². The zero-order valence-electron chi connectivity index (χ0n) is 12.0. The summed E-state index contributed by atoms with van der Waals surface area (Å²) in [4.78, 5) is 0. The molecule has 1 aromatic heterocycles. The Kier molecular flexibility index (Phi) is 4.80. The molecule has 3 rings (SSSR count). The molecular weight excluding hydrogens is 286 g/mol. The number of hydrogen-bond donors (Lipinski definition) is 1. The van der Waals surface area contributed by atoms with Crippen molar-refractivity contribution in [1.29, 1.82) is 0 Å². The first kappa shape index (κ1) is 14.4. The first-order valence-electron chi connectivity index (χ1n) is 7.12. The number of methoxy groups -OCH3 is 1. The predicted molar refractivity (Wildman–Crippen MR) is 81.9 cm³/mol. The minimum atomic E-state index is 0.306. The molecule has 0 aliphatic carbocycles. The van der Waals surface area contributed by atoms with Crippen molar-refractivity contribution < 1.29 is 9.47 Å². The lowest BCUT2D eigenvalue weighted by Crippen LogP contribution is -2.18. The Balaban J connectivity index is 1.69. The van der Waals surface area contributed by atoms with Crippen LogP contribution >= 0.6 is 11.3 Å². The minimum Gasteiger partial charge on any atom is -0.493 e. The largest absolute Gasteiger partial charge is 0.493 e. The van der Waals surface area contributed by atoms with Crippen LogP contribution in [0.15, 0.2) is 24.3 Å². The van der Waals surface area contributed by atoms with E-state index in [4.69, 9.17) is 9.47 Å². The van der Waals surface area contributed by atoms with Gasteiger partial charge in [0.25, 0.3) is 0 Å². The third-order valence-corrected chi connectivity index (χ3v) is 4.54. The number of aromatic nitrogens is 2. The molecule has 0 fully saturated rings. The summed E-state index contributed by atoms with van der Waals surface area (Å²) in [7, 11) is 1.70. The average molecular weight is 305 g/mol. The zero-order chi connectivity index (χ0) is 14.5. The van der Waals surface area contributed by atoms with E-state index in [9.17, 15) is 0 Å². The van der Waals surface area contributed by atoms with Crippen molar-refractivity contribution in [3.05, 3.63) is 39.8 Å². The molecule has 0 saturated carbocycles. The van der Waals surface area contributed by atoms with Gasteiger partial charge in [-0.15, -0.1) is 10.2 Å². The van der Waals surface area contributed by atoms with Gasteiger partial charge in [-0.05, 0) is 12.5 Å². The van der Waals surface area contributed by atoms with E-state index in [1.54, 1.807) is 18.4 Å². The van der Waals surface area contributed by atoms with Crippen LogP contribution in [0.4, 0.5) is 0 Å². The summed E-state index contributed by atoms with van der Waals surface area (Å²) in [6, 6.07) is 8.20. The molecule has 21 heavy (non-hydrogen) atoms. The van der Waals surface area contributed by atoms with Crippen molar-refractivity contribution >= 4 is 11.3 Å². The van der Waals surface area contributed by atoms with E-state index in [1.807, 2.05) is 12.1 Å². The second-order valence-electron chi connectivity index (χ2n) is 4.93. The summed E-state index contributed by atoms with van der Waals surface area (Å²) in [5.74, 6) is 1.28. The van der Waals surface area contributed by atoms with E-state index in [2.05, 4.69) is 27.6 Å². The van der Waals surface area contributed by atoms with E-state index in [1.165, 1.54) is 5.56 Å². The number of nitrogens with one attached hydrogen (secondary N) is 1. The molecule has 1 aromatic carbocycles. The van der Waals surface area contributed by atoms with Crippen LogP contribution in [0.3, 0.4) is 0 Å². The van der Waals surface area contributed by atoms with Gasteiger partial charge in [-0.3, -0.25) is 0 Å². The van der Waals surface area contributed by atoms with Gasteiger partial charge in [-0.2, -0.15) is 0 Å². The second-order valence-corrected chi connectivity index (χ2v) is 6.02. The highest BCUT2D eigenvalue weighted by atomic mass is 32.1. The molecule has 1 aliphatic heterocycles. The number of nitrogens with zero attached hydrogens (tertiary/aromatic N) is 2. The molecule has 0 bridgehead atoms. The predicted octanol–water partition coefficient (Wildman–Crippen LogP) is 2.19. The maximum Gasteiger partial charge on any atom is 0.131 e. The van der Waals surface area contributed by atoms with Crippen LogP contribution in [0.25, 0.3) is 0 Å². The van der Waals surface area contributed by atoms with Crippen LogP contribution in [0, 0.1) is 0 Å². The third kappa shape index (κ3) is 3.40. The standard InChI is InChI=1S/C15H19N3O2S/c1-19-9-7-16-10-14-17-18-15(21-14)12-6-8-20-13-5-3-2-4-11(12)13/h2-5,12,16H,6-10H2,1H3. The van der Waals surface area contributed by atoms with Gasteiger partial charge in [0.1, 0.15) is 15.8 Å². The van der Waals surface area contributed by atoms with Crippen LogP contribution in [0.5, 0.6) is 5.75 Å². The fourth-order valence-corrected chi connectivity index (χ4v) is 3.41. The lowest BCUT2D eigenvalue weighted by molar-refractivity contribution is 0.199. The van der Waals surface area contributed by atoms with Gasteiger partial charge in [0.15, 0.2) is 0 Å². The molecule has 1 aliphatic rings. The van der Waals surface area contributed by atoms with Gasteiger partial charge in [0, 0.05) is 31.7 Å². The van der Waals surface area contributed by atoms with Crippen LogP contribution in [0.2, 0.25) is 0 Å². The first-order chi connectivity index (χ1) is 10.4. The van der Waals surface area contributed by atoms with Crippen LogP contribution in [-0.4, -0.2) is 37.1 Å². The fourth-order valence-electron chi connectivity index (χ4n) is 2.45. The Morgan fingerprint density at radius 2 is 2.29 bits per heavy atom. The number of benzene rings is 1. The first-order valence-corrected chi connectivity index (χ1v) is 7.94. The molecule has 1 unspecified atom stereocenters. The van der Waals surface area contributed by atoms with Gasteiger partial charge in [0.2, 0.25) is 0 Å². The Morgan fingerprint density at radius 3 is 3.19 bits per heavy atom. The number of para-hydroxylation sites is 1. The van der Waals surface area contributed by atoms with E-state index >= 15 is 0 Å². The summed E-state index contributed by atoms with van der Waals surface area (Å²) in [5.41, 5.74) is 1.22. The Labute approximate surface area is 128 Å². The van der Waals surface area contributed by atoms with Gasteiger partial charge in [-0.25, -0.2) is 0 Å². The van der Waals surface area contributed by atoms with Crippen molar-refractivity contribution in [2.24, 2.45) is 0 Å². The zero-order valence-corrected chi connectivity index (χ0v) is 12.9. The van der Waals surface area contributed by atoms with E-state index in [0.717, 1.165) is 41.9 Å². The Bertz CT molecular complexity index is 588. The number of rotatable bonds is 6. The van der Waals surface area contributed by atoms with Crippen molar-refractivity contribution in [2.45, 2.75) is 18.9 Å². The third-order valence-electron chi connectivity index (χ3n) is 3.50. The summed E-state index contributed by atoms with van der Waals surface area (Å²) >= 11 is 1.68. The van der Waals surface area contributed by atoms with Gasteiger partial charge >= 0.3 is 0 Å². The molecule has 2 heterocycles. The van der Waals surface area contributed by atoms with Crippen LogP contribution < -0.4 is 10.1 Å². The summed E-state index contributed by atoms with van der Waals surface area (Å²) in [5, 5.41) is 14.1. The molecule has 0 amide bonds. The van der Waals surface area contributed by atoms with Crippen molar-refractivity contribution in [3.63, 3.8) is 0 Å². The molecule has 5 nitrogen and oxygen atoms in total. The molecule has 2 aromatic rings. The average Bonchev–Trinajstić information content (AvgIpc) is 3.00. The van der Waals surface area contributed by atoms with E-state index in [0.29, 0.717) is 12.5 Å². The molecule has 1 N–H and O–H groups in total. The second kappa shape index (κ2) is 6.98. The number of fused-ring (bicyclic) bond motifs is 1. The van der Waals surface area contributed by atoms with Gasteiger partial charge in [0.05, 0.1) is 13.2 Å². The van der Waals surface area contributed by atoms with Crippen LogP contribution in [0.1, 0.15) is 27.9 Å². The SMILES string of the molecule is COCCNCc1nnc(C2CCOc3ccccc32)s1. The number of ether oxygens (including phenoxy) is 2. The summed E-state index contributed by atoms with van der Waals surface area (Å²) in [6.45, 7) is 3.01. The molecule has 1 atom stereocenters.